The maximum atomic E-state index is 13.5. The molecule has 4 N–H and O–H groups in total. The summed E-state index contributed by atoms with van der Waals surface area (Å²) in [4.78, 5) is 20.1. The number of rotatable bonds is 9. The highest BCUT2D eigenvalue weighted by Gasteiger charge is 2.48. The number of methoxy groups -OCH3 is 2. The van der Waals surface area contributed by atoms with E-state index >= 15 is 0 Å². The lowest BCUT2D eigenvalue weighted by atomic mass is 9.94. The van der Waals surface area contributed by atoms with Crippen LogP contribution in [0.5, 0.6) is 11.5 Å². The van der Waals surface area contributed by atoms with Crippen molar-refractivity contribution in [2.75, 3.05) is 20.8 Å². The third-order valence-electron chi connectivity index (χ3n) is 7.49. The van der Waals surface area contributed by atoms with Crippen LogP contribution in [0.15, 0.2) is 38.6 Å². The highest BCUT2D eigenvalue weighted by molar-refractivity contribution is 8.26. The summed E-state index contributed by atoms with van der Waals surface area (Å²) in [5.41, 5.74) is 12.7. The molecular weight excluding hydrogens is 508 g/mol. The monoisotopic (exact) mass is 540 g/mol. The highest BCUT2D eigenvalue weighted by atomic mass is 32.2. The summed E-state index contributed by atoms with van der Waals surface area (Å²) < 4.78 is 17.8. The number of carbonyl (C=O) groups is 1. The zero-order valence-corrected chi connectivity index (χ0v) is 22.7. The van der Waals surface area contributed by atoms with Crippen LogP contribution >= 0.6 is 24.0 Å². The molecule has 196 valence electrons. The smallest absolute Gasteiger partial charge is 0.266 e. The molecule has 10 heteroatoms. The fraction of sp³-hybridized carbons (Fsp3) is 0.444. The quantitative estimate of drug-likeness (QED) is 0.156. The summed E-state index contributed by atoms with van der Waals surface area (Å²) >= 11 is 7.04. The Morgan fingerprint density at radius 3 is 2.57 bits per heavy atom. The minimum absolute atomic E-state index is 0.0139. The van der Waals surface area contributed by atoms with E-state index in [1.165, 1.54) is 31.0 Å². The molecule has 2 aromatic rings. The summed E-state index contributed by atoms with van der Waals surface area (Å²) in [6.45, 7) is 0.502. The van der Waals surface area contributed by atoms with Crippen LogP contribution in [0.4, 0.5) is 0 Å². The van der Waals surface area contributed by atoms with E-state index in [9.17, 15) is 4.79 Å². The summed E-state index contributed by atoms with van der Waals surface area (Å²) in [6.07, 6.45) is 7.99. The molecule has 0 spiro atoms. The van der Waals surface area contributed by atoms with Gasteiger partial charge in [-0.25, -0.2) is 0 Å². The van der Waals surface area contributed by atoms with Crippen LogP contribution in [0.1, 0.15) is 43.4 Å². The fourth-order valence-electron chi connectivity index (χ4n) is 5.74. The van der Waals surface area contributed by atoms with Gasteiger partial charge in [0.25, 0.3) is 5.91 Å². The van der Waals surface area contributed by atoms with Gasteiger partial charge >= 0.3 is 0 Å². The van der Waals surface area contributed by atoms with Crippen molar-refractivity contribution < 1.29 is 18.7 Å². The number of nitrogens with two attached hydrogens (primary N) is 2. The lowest BCUT2D eigenvalue weighted by molar-refractivity contribution is -0.124. The number of guanidine groups is 1. The number of amides is 1. The van der Waals surface area contributed by atoms with Crippen molar-refractivity contribution >= 4 is 46.2 Å². The first kappa shape index (κ1) is 25.7. The molecule has 1 aromatic carbocycles. The molecule has 1 saturated heterocycles. The molecule has 1 aromatic heterocycles. The number of aliphatic imine (C=N–C) groups is 1. The Labute approximate surface area is 226 Å². The van der Waals surface area contributed by atoms with Gasteiger partial charge in [-0.15, -0.1) is 0 Å². The Hall–Kier alpha value is -2.98. The first-order chi connectivity index (χ1) is 17.9. The number of carbonyl (C=O) groups excluding carboxylic acids is 1. The molecule has 2 aliphatic carbocycles. The zero-order valence-electron chi connectivity index (χ0n) is 21.1. The van der Waals surface area contributed by atoms with Crippen LogP contribution in [0.25, 0.3) is 17.4 Å². The molecule has 3 unspecified atom stereocenters. The third kappa shape index (κ3) is 5.36. The van der Waals surface area contributed by atoms with Gasteiger partial charge in [-0.3, -0.25) is 14.7 Å². The molecule has 2 bridgehead atoms. The zero-order chi connectivity index (χ0) is 26.1. The number of hydrogen-bond donors (Lipinski definition) is 2. The first-order valence-corrected chi connectivity index (χ1v) is 13.8. The summed E-state index contributed by atoms with van der Waals surface area (Å²) in [7, 11) is 3.22. The Morgan fingerprint density at radius 1 is 1.19 bits per heavy atom. The Balaban J connectivity index is 1.45. The van der Waals surface area contributed by atoms with Crippen molar-refractivity contribution in [3.05, 3.63) is 40.5 Å². The van der Waals surface area contributed by atoms with E-state index in [0.717, 1.165) is 29.9 Å². The first-order valence-electron chi connectivity index (χ1n) is 12.5. The molecular formula is C27H32N4O4S2. The maximum absolute atomic E-state index is 13.5. The topological polar surface area (TPSA) is 116 Å². The summed E-state index contributed by atoms with van der Waals surface area (Å²) in [5, 5.41) is 0. The molecule has 3 aliphatic rings. The van der Waals surface area contributed by atoms with Crippen LogP contribution < -0.4 is 20.9 Å². The number of nitrogens with zero attached hydrogens (tertiary/aromatic N) is 2. The Bertz CT molecular complexity index is 1240. The lowest BCUT2D eigenvalue weighted by Gasteiger charge is -2.30. The summed E-state index contributed by atoms with van der Waals surface area (Å²) in [6, 6.07) is 7.82. The van der Waals surface area contributed by atoms with Gasteiger partial charge in [-0.2, -0.15) is 0 Å². The van der Waals surface area contributed by atoms with Gasteiger partial charge in [0.1, 0.15) is 27.3 Å². The van der Waals surface area contributed by atoms with Crippen LogP contribution in [-0.2, 0) is 11.2 Å². The molecule has 3 atom stereocenters. The molecule has 8 nitrogen and oxygen atoms in total. The molecule has 3 fully saturated rings. The second-order valence-corrected chi connectivity index (χ2v) is 11.5. The minimum atomic E-state index is -0.0139. The van der Waals surface area contributed by atoms with E-state index in [-0.39, 0.29) is 17.9 Å². The van der Waals surface area contributed by atoms with Gasteiger partial charge in [0.2, 0.25) is 0 Å². The van der Waals surface area contributed by atoms with Crippen molar-refractivity contribution in [3.8, 4) is 22.8 Å². The second-order valence-electron chi connectivity index (χ2n) is 9.81. The van der Waals surface area contributed by atoms with E-state index in [4.69, 9.17) is 37.6 Å². The van der Waals surface area contributed by atoms with E-state index in [2.05, 4.69) is 4.99 Å². The van der Waals surface area contributed by atoms with Crippen molar-refractivity contribution in [3.63, 3.8) is 0 Å². The molecule has 0 radical (unpaired) electrons. The number of furan rings is 1. The van der Waals surface area contributed by atoms with Crippen LogP contribution in [0.2, 0.25) is 0 Å². The average Bonchev–Trinajstić information content (AvgIpc) is 3.66. The maximum Gasteiger partial charge on any atom is 0.266 e. The van der Waals surface area contributed by atoms with E-state index in [1.807, 2.05) is 35.2 Å². The largest absolute Gasteiger partial charge is 0.497 e. The van der Waals surface area contributed by atoms with Gasteiger partial charge < -0.3 is 25.4 Å². The Morgan fingerprint density at radius 2 is 1.95 bits per heavy atom. The van der Waals surface area contributed by atoms with Crippen molar-refractivity contribution in [2.24, 2.45) is 28.3 Å². The molecule has 2 saturated carbocycles. The molecule has 1 amide bonds. The van der Waals surface area contributed by atoms with Gasteiger partial charge in [0, 0.05) is 30.3 Å². The molecule has 37 heavy (non-hydrogen) atoms. The van der Waals surface area contributed by atoms with Crippen molar-refractivity contribution in [1.82, 2.24) is 4.90 Å². The van der Waals surface area contributed by atoms with Gasteiger partial charge in [-0.1, -0.05) is 30.4 Å². The van der Waals surface area contributed by atoms with E-state index in [1.54, 1.807) is 14.2 Å². The predicted octanol–water partition coefficient (Wildman–Crippen LogP) is 4.56. The SMILES string of the molecule is COc1cc(OC)cc(-c2cc(CCCN=C(N)N)c(/C=C3\SC(=S)N(C4CC5CCC4C5)C3=O)o2)c1. The number of thiocarbonyl (C=S) groups is 1. The lowest BCUT2D eigenvalue weighted by Crippen LogP contribution is -2.41. The number of aryl methyl sites for hydroxylation is 1. The van der Waals surface area contributed by atoms with Crippen LogP contribution in [-0.4, -0.2) is 47.9 Å². The van der Waals surface area contributed by atoms with Crippen molar-refractivity contribution in [1.29, 1.82) is 0 Å². The molecule has 1 aliphatic heterocycles. The number of thioether (sulfide) groups is 1. The standard InChI is InChI=1S/C27H32N4O4S2/c1-33-19-10-18(11-20(13-19)34-2)22-12-17(4-3-7-30-26(28)29)23(35-22)14-24-25(32)31(27(36)37-24)21-9-15-5-6-16(21)8-15/h10-16,21H,3-9H2,1-2H3,(H4,28,29,30)/b24-14-. The molecule has 2 heterocycles. The van der Waals surface area contributed by atoms with Gasteiger partial charge in [0.15, 0.2) is 5.96 Å². The van der Waals surface area contributed by atoms with Crippen molar-refractivity contribution in [2.45, 2.75) is 44.6 Å². The van der Waals surface area contributed by atoms with Crippen LogP contribution in [0, 0.1) is 11.8 Å². The highest BCUT2D eigenvalue weighted by Crippen LogP contribution is 2.49. The number of hydrogen-bond acceptors (Lipinski definition) is 7. The van der Waals surface area contributed by atoms with Gasteiger partial charge in [-0.05, 0) is 67.7 Å². The van der Waals surface area contributed by atoms with Crippen LogP contribution in [0.3, 0.4) is 0 Å². The second kappa shape index (κ2) is 10.8. The normalized spacial score (nSPS) is 23.8. The number of ether oxygens (including phenoxy) is 2. The number of fused-ring (bicyclic) bond motifs is 2. The minimum Gasteiger partial charge on any atom is -0.497 e. The van der Waals surface area contributed by atoms with E-state index < -0.39 is 0 Å². The third-order valence-corrected chi connectivity index (χ3v) is 8.82. The van der Waals surface area contributed by atoms with E-state index in [0.29, 0.717) is 51.1 Å². The predicted molar refractivity (Wildman–Crippen MR) is 150 cm³/mol. The Kier molecular flexibility index (Phi) is 7.48. The average molecular weight is 541 g/mol. The number of benzene rings is 1. The summed E-state index contributed by atoms with van der Waals surface area (Å²) in [5.74, 6) is 3.96. The fourth-order valence-corrected chi connectivity index (χ4v) is 7.09. The molecule has 5 rings (SSSR count). The van der Waals surface area contributed by atoms with Gasteiger partial charge in [0.05, 0.1) is 19.1 Å².